The summed E-state index contributed by atoms with van der Waals surface area (Å²) in [7, 11) is 0. The van der Waals surface area contributed by atoms with Gasteiger partial charge in [-0.3, -0.25) is 0 Å². The van der Waals surface area contributed by atoms with Crippen LogP contribution in [0.4, 0.5) is 0 Å². The van der Waals surface area contributed by atoms with E-state index in [0.717, 1.165) is 18.8 Å². The van der Waals surface area contributed by atoms with E-state index in [1.54, 1.807) is 6.26 Å². The van der Waals surface area contributed by atoms with Crippen molar-refractivity contribution in [1.29, 1.82) is 5.26 Å². The zero-order valence-electron chi connectivity index (χ0n) is 7.26. The Morgan fingerprint density at radius 3 is 2.45 bits per heavy atom. The molecule has 2 heteroatoms. The molecule has 0 aromatic heterocycles. The van der Waals surface area contributed by atoms with Crippen LogP contribution >= 0.6 is 0 Å². The molecule has 0 bridgehead atoms. The van der Waals surface area contributed by atoms with Crippen molar-refractivity contribution < 1.29 is 4.74 Å². The molecular formula is C9H15NO. The van der Waals surface area contributed by atoms with E-state index in [1.807, 2.05) is 6.92 Å². The van der Waals surface area contributed by atoms with E-state index in [0.29, 0.717) is 0 Å². The first kappa shape index (κ1) is 8.39. The predicted molar refractivity (Wildman–Crippen MR) is 42.7 cm³/mol. The second kappa shape index (κ2) is 3.13. The van der Waals surface area contributed by atoms with Crippen LogP contribution < -0.4 is 0 Å². The summed E-state index contributed by atoms with van der Waals surface area (Å²) < 4.78 is 5.02. The zero-order chi connectivity index (χ0) is 8.32. The maximum atomic E-state index is 8.38. The van der Waals surface area contributed by atoms with Crippen molar-refractivity contribution in [1.82, 2.24) is 0 Å². The molecule has 1 aliphatic carbocycles. The van der Waals surface area contributed by atoms with Crippen LogP contribution in [0.25, 0.3) is 0 Å². The molecule has 0 unspecified atom stereocenters. The largest absolute Gasteiger partial charge is 0.421 e. The summed E-state index contributed by atoms with van der Waals surface area (Å²) in [6.45, 7) is 4.29. The second-order valence-corrected chi connectivity index (χ2v) is 3.83. The van der Waals surface area contributed by atoms with Crippen molar-refractivity contribution in [3.05, 3.63) is 0 Å². The maximum Gasteiger partial charge on any atom is 0.286 e. The zero-order valence-corrected chi connectivity index (χ0v) is 7.26. The van der Waals surface area contributed by atoms with Crippen LogP contribution in [0, 0.1) is 17.4 Å². The van der Waals surface area contributed by atoms with Crippen LogP contribution in [0.2, 0.25) is 0 Å². The van der Waals surface area contributed by atoms with Gasteiger partial charge in [0.1, 0.15) is 5.60 Å². The van der Waals surface area contributed by atoms with E-state index in [9.17, 15) is 0 Å². The van der Waals surface area contributed by atoms with Crippen LogP contribution in [-0.4, -0.2) is 5.60 Å². The summed E-state index contributed by atoms with van der Waals surface area (Å²) in [4.78, 5) is 0. The third-order valence-electron chi connectivity index (χ3n) is 2.62. The van der Waals surface area contributed by atoms with E-state index in [1.165, 1.54) is 12.8 Å². The number of ether oxygens (including phenoxy) is 1. The highest BCUT2D eigenvalue weighted by molar-refractivity contribution is 4.84. The Morgan fingerprint density at radius 2 is 2.00 bits per heavy atom. The van der Waals surface area contributed by atoms with Gasteiger partial charge in [0, 0.05) is 0 Å². The SMILES string of the molecule is CC1CCC(C)(OC#N)CC1. The Balaban J connectivity index is 2.43. The summed E-state index contributed by atoms with van der Waals surface area (Å²) in [5, 5.41) is 8.38. The quantitative estimate of drug-likeness (QED) is 0.542. The van der Waals surface area contributed by atoms with Crippen LogP contribution in [0.15, 0.2) is 0 Å². The number of nitriles is 1. The highest BCUT2D eigenvalue weighted by atomic mass is 16.5. The molecule has 0 aliphatic heterocycles. The summed E-state index contributed by atoms with van der Waals surface area (Å²) in [6.07, 6.45) is 6.24. The van der Waals surface area contributed by atoms with E-state index >= 15 is 0 Å². The van der Waals surface area contributed by atoms with Crippen molar-refractivity contribution in [3.8, 4) is 6.26 Å². The highest BCUT2D eigenvalue weighted by Crippen LogP contribution is 2.33. The summed E-state index contributed by atoms with van der Waals surface area (Å²) in [6, 6.07) is 0. The molecule has 0 heterocycles. The fourth-order valence-corrected chi connectivity index (χ4v) is 1.59. The topological polar surface area (TPSA) is 33.0 Å². The lowest BCUT2D eigenvalue weighted by atomic mass is 9.81. The van der Waals surface area contributed by atoms with E-state index < -0.39 is 0 Å². The Hall–Kier alpha value is -0.710. The van der Waals surface area contributed by atoms with Gasteiger partial charge in [-0.1, -0.05) is 6.92 Å². The number of rotatable bonds is 1. The van der Waals surface area contributed by atoms with Crippen molar-refractivity contribution in [2.45, 2.75) is 45.1 Å². The van der Waals surface area contributed by atoms with Gasteiger partial charge >= 0.3 is 0 Å². The molecule has 0 radical (unpaired) electrons. The van der Waals surface area contributed by atoms with Crippen molar-refractivity contribution in [2.75, 3.05) is 0 Å². The fraction of sp³-hybridized carbons (Fsp3) is 0.889. The predicted octanol–water partition coefficient (Wildman–Crippen LogP) is 2.45. The molecule has 0 N–H and O–H groups in total. The van der Waals surface area contributed by atoms with Gasteiger partial charge in [0.2, 0.25) is 0 Å². The van der Waals surface area contributed by atoms with Gasteiger partial charge in [0.15, 0.2) is 0 Å². The Kier molecular flexibility index (Phi) is 2.38. The molecule has 0 atom stereocenters. The molecule has 0 aromatic rings. The van der Waals surface area contributed by atoms with Crippen LogP contribution in [0.5, 0.6) is 0 Å². The molecule has 2 nitrogen and oxygen atoms in total. The molecule has 11 heavy (non-hydrogen) atoms. The second-order valence-electron chi connectivity index (χ2n) is 3.83. The van der Waals surface area contributed by atoms with Gasteiger partial charge in [-0.05, 0) is 38.5 Å². The molecule has 1 rings (SSSR count). The maximum absolute atomic E-state index is 8.38. The first-order chi connectivity index (χ1) is 5.16. The normalized spacial score (nSPS) is 37.7. The van der Waals surface area contributed by atoms with Gasteiger partial charge in [0.25, 0.3) is 6.26 Å². The summed E-state index contributed by atoms with van der Waals surface area (Å²) in [5.74, 6) is 0.811. The molecule has 62 valence electrons. The van der Waals surface area contributed by atoms with Crippen LogP contribution in [0.3, 0.4) is 0 Å². The molecule has 0 aromatic carbocycles. The van der Waals surface area contributed by atoms with E-state index in [4.69, 9.17) is 10.00 Å². The van der Waals surface area contributed by atoms with E-state index in [2.05, 4.69) is 6.92 Å². The lowest BCUT2D eigenvalue weighted by Gasteiger charge is -2.33. The minimum atomic E-state index is -0.152. The van der Waals surface area contributed by atoms with Crippen molar-refractivity contribution in [2.24, 2.45) is 5.92 Å². The molecule has 1 fully saturated rings. The summed E-state index contributed by atoms with van der Waals surface area (Å²) >= 11 is 0. The highest BCUT2D eigenvalue weighted by Gasteiger charge is 2.31. The third-order valence-corrected chi connectivity index (χ3v) is 2.62. The van der Waals surface area contributed by atoms with Gasteiger partial charge < -0.3 is 4.74 Å². The monoisotopic (exact) mass is 153 g/mol. The molecule has 0 amide bonds. The fourth-order valence-electron chi connectivity index (χ4n) is 1.59. The lowest BCUT2D eigenvalue weighted by Crippen LogP contribution is -2.31. The number of hydrogen-bond donors (Lipinski definition) is 0. The lowest BCUT2D eigenvalue weighted by molar-refractivity contribution is 0.00641. The molecule has 0 saturated heterocycles. The molecule has 1 aliphatic rings. The minimum Gasteiger partial charge on any atom is -0.421 e. The standard InChI is InChI=1S/C9H15NO/c1-8-3-5-9(2,6-4-8)11-7-10/h8H,3-6H2,1-2H3. The number of hydrogen-bond acceptors (Lipinski definition) is 2. The van der Waals surface area contributed by atoms with Gasteiger partial charge in [0.05, 0.1) is 0 Å². The van der Waals surface area contributed by atoms with Crippen LogP contribution in [0.1, 0.15) is 39.5 Å². The smallest absolute Gasteiger partial charge is 0.286 e. The first-order valence-electron chi connectivity index (χ1n) is 4.23. The summed E-state index contributed by atoms with van der Waals surface area (Å²) in [5.41, 5.74) is -0.152. The van der Waals surface area contributed by atoms with Gasteiger partial charge in [-0.25, -0.2) is 0 Å². The van der Waals surface area contributed by atoms with Crippen molar-refractivity contribution in [3.63, 3.8) is 0 Å². The van der Waals surface area contributed by atoms with E-state index in [-0.39, 0.29) is 5.60 Å². The van der Waals surface area contributed by atoms with Gasteiger partial charge in [-0.2, -0.15) is 5.26 Å². The average Bonchev–Trinajstić information content (AvgIpc) is 1.97. The Bertz CT molecular complexity index is 163. The third kappa shape index (κ3) is 2.11. The Labute approximate surface area is 68.2 Å². The van der Waals surface area contributed by atoms with Gasteiger partial charge in [-0.15, -0.1) is 0 Å². The van der Waals surface area contributed by atoms with Crippen LogP contribution in [-0.2, 0) is 4.74 Å². The van der Waals surface area contributed by atoms with Crippen molar-refractivity contribution >= 4 is 0 Å². The minimum absolute atomic E-state index is 0.152. The molecule has 1 saturated carbocycles. The molecule has 0 spiro atoms. The molecular weight excluding hydrogens is 138 g/mol. The first-order valence-corrected chi connectivity index (χ1v) is 4.23. The Morgan fingerprint density at radius 1 is 1.45 bits per heavy atom. The number of nitrogens with zero attached hydrogens (tertiary/aromatic N) is 1. The average molecular weight is 153 g/mol.